The maximum absolute atomic E-state index is 7.27. The summed E-state index contributed by atoms with van der Waals surface area (Å²) in [5.41, 5.74) is 2.28. The molecule has 0 aliphatic heterocycles. The molecule has 0 N–H and O–H groups in total. The van der Waals surface area contributed by atoms with Crippen LogP contribution in [0.4, 0.5) is 0 Å². The van der Waals surface area contributed by atoms with Crippen molar-refractivity contribution in [1.82, 2.24) is 0 Å². The molecule has 2 heteroatoms. The van der Waals surface area contributed by atoms with Gasteiger partial charge in [-0.1, -0.05) is 80.1 Å². The Morgan fingerprint density at radius 2 is 0.941 bits per heavy atom. The summed E-state index contributed by atoms with van der Waals surface area (Å²) < 4.78 is 0. The monoisotopic (exact) mass is 276 g/mol. The van der Waals surface area contributed by atoms with E-state index in [0.29, 0.717) is 0 Å². The number of rotatable bonds is 9. The third kappa shape index (κ3) is 4.59. The first kappa shape index (κ1) is 17.5. The van der Waals surface area contributed by atoms with Crippen molar-refractivity contribution in [3.8, 4) is 0 Å². The number of halogens is 1. The molecule has 0 radical (unpaired) electrons. The summed E-state index contributed by atoms with van der Waals surface area (Å²) in [6.07, 6.45) is 7.79. The van der Waals surface area contributed by atoms with Gasteiger partial charge in [0.05, 0.1) is 0 Å². The lowest BCUT2D eigenvalue weighted by molar-refractivity contribution is 0.643. The van der Waals surface area contributed by atoms with Gasteiger partial charge in [0, 0.05) is 0 Å². The lowest BCUT2D eigenvalue weighted by Crippen LogP contribution is -2.41. The molecular formula is C15H33ClSi. The van der Waals surface area contributed by atoms with Crippen molar-refractivity contribution in [3.05, 3.63) is 0 Å². The smallest absolute Gasteiger partial charge is 0.164 e. The third-order valence-electron chi connectivity index (χ3n) is 4.43. The highest BCUT2D eigenvalue weighted by atomic mass is 35.6. The summed E-state index contributed by atoms with van der Waals surface area (Å²) in [7, 11) is -1.65. The van der Waals surface area contributed by atoms with E-state index in [-0.39, 0.29) is 0 Å². The van der Waals surface area contributed by atoms with Gasteiger partial charge in [-0.05, 0) is 16.6 Å². The lowest BCUT2D eigenvalue weighted by atomic mass is 10.2. The largest absolute Gasteiger partial charge is 0.166 e. The Hall–Kier alpha value is 0.507. The highest BCUT2D eigenvalue weighted by Crippen LogP contribution is 2.50. The van der Waals surface area contributed by atoms with Crippen LogP contribution in [0.2, 0.25) is 16.6 Å². The van der Waals surface area contributed by atoms with Crippen molar-refractivity contribution in [2.75, 3.05) is 0 Å². The zero-order valence-electron chi connectivity index (χ0n) is 12.9. The van der Waals surface area contributed by atoms with Crippen LogP contribution in [0, 0.1) is 0 Å². The SMILES string of the molecule is CCCC(C)[Si](Cl)(C(C)CCC)C(C)CCC. The molecule has 0 fully saturated rings. The third-order valence-corrected chi connectivity index (χ3v) is 13.2. The van der Waals surface area contributed by atoms with Crippen LogP contribution in [-0.2, 0) is 0 Å². The minimum Gasteiger partial charge on any atom is -0.166 e. The van der Waals surface area contributed by atoms with Gasteiger partial charge in [-0.3, -0.25) is 0 Å². The van der Waals surface area contributed by atoms with Crippen molar-refractivity contribution in [1.29, 1.82) is 0 Å². The zero-order valence-corrected chi connectivity index (χ0v) is 14.6. The molecule has 104 valence electrons. The molecule has 0 nitrogen and oxygen atoms in total. The quantitative estimate of drug-likeness (QED) is 0.323. The van der Waals surface area contributed by atoms with Crippen LogP contribution >= 0.6 is 11.1 Å². The Bertz CT molecular complexity index is 162. The highest BCUT2D eigenvalue weighted by molar-refractivity contribution is 7.22. The minimum absolute atomic E-state index is 0.761. The summed E-state index contributed by atoms with van der Waals surface area (Å²) in [6.45, 7) is 14.1. The van der Waals surface area contributed by atoms with Gasteiger partial charge in [0.1, 0.15) is 0 Å². The van der Waals surface area contributed by atoms with Gasteiger partial charge >= 0.3 is 0 Å². The number of hydrogen-bond donors (Lipinski definition) is 0. The van der Waals surface area contributed by atoms with Crippen LogP contribution < -0.4 is 0 Å². The minimum atomic E-state index is -1.65. The maximum atomic E-state index is 7.27. The van der Waals surface area contributed by atoms with Crippen LogP contribution in [0.1, 0.15) is 80.1 Å². The summed E-state index contributed by atoms with van der Waals surface area (Å²) in [5.74, 6) is 0. The van der Waals surface area contributed by atoms with E-state index in [4.69, 9.17) is 11.1 Å². The first-order valence-electron chi connectivity index (χ1n) is 7.63. The van der Waals surface area contributed by atoms with Gasteiger partial charge in [-0.2, -0.15) is 11.1 Å². The molecule has 0 aromatic rings. The highest BCUT2D eigenvalue weighted by Gasteiger charge is 2.45. The van der Waals surface area contributed by atoms with Crippen molar-refractivity contribution in [3.63, 3.8) is 0 Å². The molecule has 0 heterocycles. The molecule has 0 aromatic heterocycles. The standard InChI is InChI=1S/C15H33ClSi/c1-7-10-13(4)17(16,14(5)11-8-2)15(6)12-9-3/h13-15H,7-12H2,1-6H3. The van der Waals surface area contributed by atoms with E-state index in [1.54, 1.807) is 0 Å². The predicted octanol–water partition coefficient (Wildman–Crippen LogP) is 6.74. The van der Waals surface area contributed by atoms with Crippen LogP contribution in [0.15, 0.2) is 0 Å². The first-order chi connectivity index (χ1) is 7.94. The normalized spacial score (nSPS) is 20.6. The Labute approximate surface area is 115 Å². The van der Waals surface area contributed by atoms with Crippen molar-refractivity contribution >= 4 is 18.5 Å². The zero-order chi connectivity index (χ0) is 13.5. The molecule has 0 aliphatic carbocycles. The fourth-order valence-electron chi connectivity index (χ4n) is 3.42. The second kappa shape index (κ2) is 8.58. The van der Waals surface area contributed by atoms with Crippen LogP contribution in [0.25, 0.3) is 0 Å². The molecule has 0 aliphatic rings. The molecule has 0 spiro atoms. The first-order valence-corrected chi connectivity index (χ1v) is 10.9. The summed E-state index contributed by atoms with van der Waals surface area (Å²) >= 11 is 7.27. The number of hydrogen-bond acceptors (Lipinski definition) is 0. The fourth-order valence-corrected chi connectivity index (χ4v) is 9.51. The molecule has 0 saturated carbocycles. The topological polar surface area (TPSA) is 0 Å². The van der Waals surface area contributed by atoms with Crippen molar-refractivity contribution in [2.45, 2.75) is 96.7 Å². The second-order valence-corrected chi connectivity index (χ2v) is 12.5. The average Bonchev–Trinajstić information content (AvgIpc) is 2.28. The molecule has 0 bridgehead atoms. The maximum Gasteiger partial charge on any atom is 0.164 e. The van der Waals surface area contributed by atoms with E-state index in [1.165, 1.54) is 38.5 Å². The Morgan fingerprint density at radius 1 is 0.706 bits per heavy atom. The molecule has 0 saturated heterocycles. The van der Waals surface area contributed by atoms with E-state index in [2.05, 4.69) is 41.5 Å². The van der Waals surface area contributed by atoms with Crippen LogP contribution in [0.5, 0.6) is 0 Å². The van der Waals surface area contributed by atoms with Crippen molar-refractivity contribution in [2.24, 2.45) is 0 Å². The van der Waals surface area contributed by atoms with Crippen LogP contribution in [-0.4, -0.2) is 7.38 Å². The van der Waals surface area contributed by atoms with Gasteiger partial charge in [0.25, 0.3) is 0 Å². The van der Waals surface area contributed by atoms with E-state index in [0.717, 1.165) is 16.6 Å². The Morgan fingerprint density at radius 3 is 1.12 bits per heavy atom. The molecule has 0 amide bonds. The fraction of sp³-hybridized carbons (Fsp3) is 1.00. The molecule has 17 heavy (non-hydrogen) atoms. The van der Waals surface area contributed by atoms with Crippen molar-refractivity contribution < 1.29 is 0 Å². The van der Waals surface area contributed by atoms with Gasteiger partial charge in [0.2, 0.25) is 0 Å². The molecule has 3 unspecified atom stereocenters. The molecule has 3 atom stereocenters. The van der Waals surface area contributed by atoms with Crippen LogP contribution in [0.3, 0.4) is 0 Å². The average molecular weight is 277 g/mol. The summed E-state index contributed by atoms with van der Waals surface area (Å²) in [4.78, 5) is 0. The second-order valence-electron chi connectivity index (χ2n) is 5.90. The van der Waals surface area contributed by atoms with E-state index in [1.807, 2.05) is 0 Å². The van der Waals surface area contributed by atoms with Gasteiger partial charge < -0.3 is 0 Å². The molecule has 0 rings (SSSR count). The Balaban J connectivity index is 4.90. The molecular weight excluding hydrogens is 244 g/mol. The van der Waals surface area contributed by atoms with Gasteiger partial charge in [0.15, 0.2) is 7.38 Å². The molecule has 0 aromatic carbocycles. The predicted molar refractivity (Wildman–Crippen MR) is 84.6 cm³/mol. The lowest BCUT2D eigenvalue weighted by Gasteiger charge is -2.41. The summed E-state index contributed by atoms with van der Waals surface area (Å²) in [5, 5.41) is 0. The van der Waals surface area contributed by atoms with E-state index >= 15 is 0 Å². The Kier molecular flexibility index (Phi) is 8.84. The summed E-state index contributed by atoms with van der Waals surface area (Å²) in [6, 6.07) is 0. The van der Waals surface area contributed by atoms with E-state index < -0.39 is 7.38 Å². The van der Waals surface area contributed by atoms with Gasteiger partial charge in [-0.25, -0.2) is 0 Å². The van der Waals surface area contributed by atoms with Gasteiger partial charge in [-0.15, -0.1) is 0 Å². The van der Waals surface area contributed by atoms with E-state index in [9.17, 15) is 0 Å².